The Labute approximate surface area is 126 Å². The Bertz CT molecular complexity index is 501. The van der Waals surface area contributed by atoms with E-state index < -0.39 is 0 Å². The van der Waals surface area contributed by atoms with E-state index in [9.17, 15) is 0 Å². The second kappa shape index (κ2) is 6.18. The highest BCUT2D eigenvalue weighted by atomic mass is 16.5. The van der Waals surface area contributed by atoms with Crippen molar-refractivity contribution in [2.75, 3.05) is 23.8 Å². The number of ether oxygens (including phenoxy) is 1. The Balaban J connectivity index is 1.76. The Morgan fingerprint density at radius 3 is 2.62 bits per heavy atom. The van der Waals surface area contributed by atoms with Gasteiger partial charge in [0, 0.05) is 18.7 Å². The predicted molar refractivity (Wildman–Crippen MR) is 84.8 cm³/mol. The lowest BCUT2D eigenvalue weighted by atomic mass is 10.1. The van der Waals surface area contributed by atoms with Gasteiger partial charge in [0.1, 0.15) is 17.5 Å². The Morgan fingerprint density at radius 2 is 1.90 bits per heavy atom. The van der Waals surface area contributed by atoms with Gasteiger partial charge in [-0.2, -0.15) is 0 Å². The zero-order valence-corrected chi connectivity index (χ0v) is 13.3. The highest BCUT2D eigenvalue weighted by molar-refractivity contribution is 5.57. The summed E-state index contributed by atoms with van der Waals surface area (Å²) in [5.41, 5.74) is 1.11. The SMILES string of the molecule is CCCNc1nc(C)nc(NC2CCOC2C2CC2)c1C. The van der Waals surface area contributed by atoms with Gasteiger partial charge >= 0.3 is 0 Å². The predicted octanol–water partition coefficient (Wildman–Crippen LogP) is 2.89. The zero-order valence-electron chi connectivity index (χ0n) is 13.3. The molecule has 116 valence electrons. The number of anilines is 2. The summed E-state index contributed by atoms with van der Waals surface area (Å²) in [6.45, 7) is 8.00. The van der Waals surface area contributed by atoms with Crippen molar-refractivity contribution in [1.82, 2.24) is 9.97 Å². The van der Waals surface area contributed by atoms with Gasteiger partial charge in [0.05, 0.1) is 12.1 Å². The van der Waals surface area contributed by atoms with Crippen molar-refractivity contribution in [3.8, 4) is 0 Å². The van der Waals surface area contributed by atoms with Crippen LogP contribution in [-0.2, 0) is 4.74 Å². The average molecular weight is 290 g/mol. The van der Waals surface area contributed by atoms with Crippen LogP contribution in [-0.4, -0.2) is 35.3 Å². The molecule has 5 heteroatoms. The van der Waals surface area contributed by atoms with Crippen LogP contribution < -0.4 is 10.6 Å². The highest BCUT2D eigenvalue weighted by Gasteiger charge is 2.40. The summed E-state index contributed by atoms with van der Waals surface area (Å²) >= 11 is 0. The summed E-state index contributed by atoms with van der Waals surface area (Å²) in [5, 5.41) is 7.01. The number of aromatic nitrogens is 2. The number of hydrogen-bond acceptors (Lipinski definition) is 5. The van der Waals surface area contributed by atoms with Gasteiger partial charge in [-0.3, -0.25) is 0 Å². The normalized spacial score (nSPS) is 25.1. The molecule has 1 aliphatic carbocycles. The molecule has 2 unspecified atom stereocenters. The van der Waals surface area contributed by atoms with Crippen LogP contribution in [0.1, 0.15) is 44.0 Å². The fraction of sp³-hybridized carbons (Fsp3) is 0.750. The minimum Gasteiger partial charge on any atom is -0.376 e. The largest absolute Gasteiger partial charge is 0.376 e. The molecule has 2 N–H and O–H groups in total. The van der Waals surface area contributed by atoms with Gasteiger partial charge in [-0.25, -0.2) is 9.97 Å². The number of nitrogens with zero attached hydrogens (tertiary/aromatic N) is 2. The lowest BCUT2D eigenvalue weighted by Crippen LogP contribution is -2.31. The van der Waals surface area contributed by atoms with Crippen LogP contribution in [0, 0.1) is 19.8 Å². The molecule has 3 rings (SSSR count). The summed E-state index contributed by atoms with van der Waals surface area (Å²) in [6.07, 6.45) is 5.15. The van der Waals surface area contributed by atoms with Crippen molar-refractivity contribution >= 4 is 11.6 Å². The topological polar surface area (TPSA) is 59.1 Å². The first kappa shape index (κ1) is 14.6. The lowest BCUT2D eigenvalue weighted by molar-refractivity contribution is 0.0898. The van der Waals surface area contributed by atoms with Crippen LogP contribution in [0.5, 0.6) is 0 Å². The molecule has 0 amide bonds. The van der Waals surface area contributed by atoms with Crippen LogP contribution in [0.25, 0.3) is 0 Å². The van der Waals surface area contributed by atoms with E-state index in [1.54, 1.807) is 0 Å². The number of rotatable bonds is 6. The summed E-state index contributed by atoms with van der Waals surface area (Å²) in [4.78, 5) is 9.12. The van der Waals surface area contributed by atoms with Gasteiger partial charge in [-0.05, 0) is 45.4 Å². The minimum absolute atomic E-state index is 0.367. The summed E-state index contributed by atoms with van der Waals surface area (Å²) in [5.74, 6) is 3.48. The second-order valence-corrected chi connectivity index (χ2v) is 6.23. The van der Waals surface area contributed by atoms with Crippen LogP contribution >= 0.6 is 0 Å². The molecule has 2 fully saturated rings. The molecule has 2 atom stereocenters. The van der Waals surface area contributed by atoms with E-state index in [-0.39, 0.29) is 0 Å². The molecular weight excluding hydrogens is 264 g/mol. The highest BCUT2D eigenvalue weighted by Crippen LogP contribution is 2.39. The molecule has 0 bridgehead atoms. The molecule has 1 aromatic rings. The first-order valence-corrected chi connectivity index (χ1v) is 8.16. The van der Waals surface area contributed by atoms with Crippen LogP contribution in [0.4, 0.5) is 11.6 Å². The maximum absolute atomic E-state index is 5.91. The van der Waals surface area contributed by atoms with Gasteiger partial charge in [0.15, 0.2) is 0 Å². The molecule has 1 saturated heterocycles. The van der Waals surface area contributed by atoms with Crippen molar-refractivity contribution in [2.45, 2.75) is 58.6 Å². The standard InChI is InChI=1S/C16H26N4O/c1-4-8-17-15-10(2)16(19-11(3)18-15)20-13-7-9-21-14(13)12-5-6-12/h12-14H,4-9H2,1-3H3,(H2,17,18,19,20). The van der Waals surface area contributed by atoms with E-state index in [1.165, 1.54) is 12.8 Å². The third-order valence-corrected chi connectivity index (χ3v) is 4.34. The van der Waals surface area contributed by atoms with E-state index in [0.717, 1.165) is 54.9 Å². The quantitative estimate of drug-likeness (QED) is 0.843. The summed E-state index contributed by atoms with van der Waals surface area (Å²) in [6, 6.07) is 0.393. The van der Waals surface area contributed by atoms with Gasteiger partial charge in [-0.15, -0.1) is 0 Å². The monoisotopic (exact) mass is 290 g/mol. The average Bonchev–Trinajstić information content (AvgIpc) is 3.21. The maximum atomic E-state index is 5.91. The Morgan fingerprint density at radius 1 is 1.14 bits per heavy atom. The molecule has 0 spiro atoms. The fourth-order valence-corrected chi connectivity index (χ4v) is 3.02. The lowest BCUT2D eigenvalue weighted by Gasteiger charge is -2.22. The van der Waals surface area contributed by atoms with E-state index in [1.807, 2.05) is 6.92 Å². The Kier molecular flexibility index (Phi) is 4.29. The number of nitrogens with one attached hydrogen (secondary N) is 2. The summed E-state index contributed by atoms with van der Waals surface area (Å²) < 4.78 is 5.91. The minimum atomic E-state index is 0.367. The number of aryl methyl sites for hydroxylation is 1. The molecule has 1 aromatic heterocycles. The molecule has 2 aliphatic rings. The molecule has 21 heavy (non-hydrogen) atoms. The fourth-order valence-electron chi connectivity index (χ4n) is 3.02. The molecule has 5 nitrogen and oxygen atoms in total. The van der Waals surface area contributed by atoms with Crippen molar-refractivity contribution in [3.05, 3.63) is 11.4 Å². The Hall–Kier alpha value is -1.36. The van der Waals surface area contributed by atoms with Crippen molar-refractivity contribution in [1.29, 1.82) is 0 Å². The van der Waals surface area contributed by atoms with E-state index in [0.29, 0.717) is 12.1 Å². The third kappa shape index (κ3) is 3.28. The van der Waals surface area contributed by atoms with Gasteiger partial charge in [0.2, 0.25) is 0 Å². The van der Waals surface area contributed by atoms with Crippen molar-refractivity contribution < 1.29 is 4.74 Å². The van der Waals surface area contributed by atoms with E-state index >= 15 is 0 Å². The molecule has 1 saturated carbocycles. The molecule has 2 heterocycles. The van der Waals surface area contributed by atoms with Crippen LogP contribution in [0.3, 0.4) is 0 Å². The van der Waals surface area contributed by atoms with Crippen LogP contribution in [0.15, 0.2) is 0 Å². The molecule has 1 aliphatic heterocycles. The molecule has 0 aromatic carbocycles. The molecular formula is C16H26N4O. The van der Waals surface area contributed by atoms with Gasteiger partial charge in [0.25, 0.3) is 0 Å². The number of hydrogen-bond donors (Lipinski definition) is 2. The third-order valence-electron chi connectivity index (χ3n) is 4.34. The molecule has 0 radical (unpaired) electrons. The first-order valence-electron chi connectivity index (χ1n) is 8.16. The van der Waals surface area contributed by atoms with E-state index in [2.05, 4.69) is 34.4 Å². The smallest absolute Gasteiger partial charge is 0.135 e. The zero-order chi connectivity index (χ0) is 14.8. The van der Waals surface area contributed by atoms with Gasteiger partial charge < -0.3 is 15.4 Å². The van der Waals surface area contributed by atoms with E-state index in [4.69, 9.17) is 4.74 Å². The maximum Gasteiger partial charge on any atom is 0.135 e. The van der Waals surface area contributed by atoms with Crippen LogP contribution in [0.2, 0.25) is 0 Å². The summed E-state index contributed by atoms with van der Waals surface area (Å²) in [7, 11) is 0. The van der Waals surface area contributed by atoms with Crippen molar-refractivity contribution in [3.63, 3.8) is 0 Å². The van der Waals surface area contributed by atoms with Gasteiger partial charge in [-0.1, -0.05) is 6.92 Å². The second-order valence-electron chi connectivity index (χ2n) is 6.23. The first-order chi connectivity index (χ1) is 10.2. The van der Waals surface area contributed by atoms with Crippen molar-refractivity contribution in [2.24, 2.45) is 5.92 Å².